The van der Waals surface area contributed by atoms with Crippen molar-refractivity contribution < 1.29 is 29.4 Å². The second kappa shape index (κ2) is 13.3. The number of carboxylic acid groups (broad SMARTS) is 1. The Hall–Kier alpha value is -2.24. The molecule has 1 aliphatic rings. The summed E-state index contributed by atoms with van der Waals surface area (Å²) in [5.41, 5.74) is 11.3. The molecule has 0 radical (unpaired) electrons. The monoisotopic (exact) mass is 457 g/mol. The summed E-state index contributed by atoms with van der Waals surface area (Å²) < 4.78 is 0. The first-order valence-electron chi connectivity index (χ1n) is 11.3. The van der Waals surface area contributed by atoms with Crippen molar-refractivity contribution in [3.63, 3.8) is 0 Å². The minimum absolute atomic E-state index is 0.287. The summed E-state index contributed by atoms with van der Waals surface area (Å²) in [4.78, 5) is 51.4. The highest BCUT2D eigenvalue weighted by molar-refractivity contribution is 5.94. The smallest absolute Gasteiger partial charge is 0.326 e. The summed E-state index contributed by atoms with van der Waals surface area (Å²) in [5, 5.41) is 24.3. The fourth-order valence-electron chi connectivity index (χ4n) is 3.67. The van der Waals surface area contributed by atoms with Crippen LogP contribution in [0.2, 0.25) is 0 Å². The van der Waals surface area contributed by atoms with Crippen LogP contribution in [-0.4, -0.2) is 82.2 Å². The predicted molar refractivity (Wildman–Crippen MR) is 118 cm³/mol. The van der Waals surface area contributed by atoms with E-state index >= 15 is 0 Å². The molecule has 0 saturated carbocycles. The second-order valence-corrected chi connectivity index (χ2v) is 8.51. The Morgan fingerprint density at radius 1 is 1.16 bits per heavy atom. The molecule has 1 fully saturated rings. The predicted octanol–water partition coefficient (Wildman–Crippen LogP) is -1.09. The van der Waals surface area contributed by atoms with Gasteiger partial charge in [-0.05, 0) is 51.5 Å². The molecule has 1 saturated heterocycles. The van der Waals surface area contributed by atoms with Gasteiger partial charge in [0, 0.05) is 6.54 Å². The number of hydrogen-bond acceptors (Lipinski definition) is 7. The number of hydrogen-bond donors (Lipinski definition) is 6. The minimum Gasteiger partial charge on any atom is -0.480 e. The number of unbranched alkanes of at least 4 members (excludes halogenated alkanes) is 1. The van der Waals surface area contributed by atoms with Crippen LogP contribution in [0.3, 0.4) is 0 Å². The molecule has 0 aromatic carbocycles. The van der Waals surface area contributed by atoms with Crippen LogP contribution in [0.1, 0.15) is 59.3 Å². The van der Waals surface area contributed by atoms with Crippen LogP contribution in [-0.2, 0) is 19.2 Å². The van der Waals surface area contributed by atoms with E-state index in [1.165, 1.54) is 11.8 Å². The number of amides is 3. The third-order valence-corrected chi connectivity index (χ3v) is 6.00. The van der Waals surface area contributed by atoms with E-state index in [0.717, 1.165) is 0 Å². The van der Waals surface area contributed by atoms with E-state index in [1.54, 1.807) is 6.92 Å². The van der Waals surface area contributed by atoms with Crippen LogP contribution in [0, 0.1) is 5.92 Å². The molecule has 0 aromatic rings. The highest BCUT2D eigenvalue weighted by Crippen LogP contribution is 2.19. The average Bonchev–Trinajstić information content (AvgIpc) is 3.24. The molecule has 11 nitrogen and oxygen atoms in total. The van der Waals surface area contributed by atoms with E-state index in [1.807, 2.05) is 6.92 Å². The Balaban J connectivity index is 2.94. The van der Waals surface area contributed by atoms with Gasteiger partial charge in [0.15, 0.2) is 0 Å². The normalized spacial score (nSPS) is 20.7. The lowest BCUT2D eigenvalue weighted by molar-refractivity contribution is -0.144. The lowest BCUT2D eigenvalue weighted by atomic mass is 9.98. The number of carboxylic acids is 1. The van der Waals surface area contributed by atoms with Crippen molar-refractivity contribution in [2.75, 3.05) is 13.1 Å². The standard InChI is InChI=1S/C21H39N5O6/c1-4-12(2)17(21(31)32)25-18(28)14(8-5-6-10-22)24-19(29)15-9-7-11-26(15)20(30)16(23)13(3)27/h12-17,27H,4-11,22-23H2,1-3H3,(H,24,29)(H,25,28)(H,31,32)/t12-,13+,14-,15-,16-,17-/m0/s1. The lowest BCUT2D eigenvalue weighted by Gasteiger charge is -2.29. The molecule has 184 valence electrons. The van der Waals surface area contributed by atoms with Crippen LogP contribution < -0.4 is 22.1 Å². The number of nitrogens with one attached hydrogen (secondary N) is 2. The number of aliphatic hydroxyl groups excluding tert-OH is 1. The molecule has 1 rings (SSSR count). The Bertz CT molecular complexity index is 659. The van der Waals surface area contributed by atoms with Gasteiger partial charge < -0.3 is 37.2 Å². The van der Waals surface area contributed by atoms with Gasteiger partial charge >= 0.3 is 5.97 Å². The summed E-state index contributed by atoms with van der Waals surface area (Å²) in [5.74, 6) is -3.04. The molecular weight excluding hydrogens is 418 g/mol. The maximum absolute atomic E-state index is 13.0. The molecule has 8 N–H and O–H groups in total. The molecule has 0 spiro atoms. The molecule has 0 aromatic heterocycles. The van der Waals surface area contributed by atoms with Gasteiger partial charge in [-0.3, -0.25) is 14.4 Å². The molecule has 11 heteroatoms. The van der Waals surface area contributed by atoms with Crippen molar-refractivity contribution in [3.8, 4) is 0 Å². The largest absolute Gasteiger partial charge is 0.480 e. The number of aliphatic hydroxyl groups is 1. The molecule has 6 atom stereocenters. The van der Waals surface area contributed by atoms with Crippen LogP contribution in [0.4, 0.5) is 0 Å². The zero-order valence-electron chi connectivity index (χ0n) is 19.3. The summed E-state index contributed by atoms with van der Waals surface area (Å²) in [6.07, 6.45) is 2.00. The Kier molecular flexibility index (Phi) is 11.6. The average molecular weight is 458 g/mol. The van der Waals surface area contributed by atoms with E-state index < -0.39 is 54.0 Å². The number of carbonyl (C=O) groups excluding carboxylic acids is 3. The highest BCUT2D eigenvalue weighted by Gasteiger charge is 2.39. The molecule has 32 heavy (non-hydrogen) atoms. The first-order chi connectivity index (χ1) is 15.0. The molecule has 1 heterocycles. The summed E-state index contributed by atoms with van der Waals surface area (Å²) >= 11 is 0. The van der Waals surface area contributed by atoms with Crippen molar-refractivity contribution in [1.29, 1.82) is 0 Å². The fraction of sp³-hybridized carbons (Fsp3) is 0.810. The molecule has 0 unspecified atom stereocenters. The number of nitrogens with zero attached hydrogens (tertiary/aromatic N) is 1. The van der Waals surface area contributed by atoms with Crippen molar-refractivity contribution in [1.82, 2.24) is 15.5 Å². The van der Waals surface area contributed by atoms with E-state index in [9.17, 15) is 29.4 Å². The van der Waals surface area contributed by atoms with E-state index in [-0.39, 0.29) is 12.3 Å². The van der Waals surface area contributed by atoms with Crippen LogP contribution in [0.25, 0.3) is 0 Å². The minimum atomic E-state index is -1.14. The zero-order valence-corrected chi connectivity index (χ0v) is 19.3. The quantitative estimate of drug-likeness (QED) is 0.188. The third kappa shape index (κ3) is 7.72. The van der Waals surface area contributed by atoms with Gasteiger partial charge in [0.05, 0.1) is 6.10 Å². The Labute approximate surface area is 189 Å². The van der Waals surface area contributed by atoms with Gasteiger partial charge in [0.25, 0.3) is 0 Å². The number of rotatable bonds is 13. The fourth-order valence-corrected chi connectivity index (χ4v) is 3.67. The van der Waals surface area contributed by atoms with Crippen LogP contribution in [0.15, 0.2) is 0 Å². The van der Waals surface area contributed by atoms with Crippen molar-refractivity contribution in [2.45, 2.75) is 89.6 Å². The first kappa shape index (κ1) is 27.8. The number of carbonyl (C=O) groups is 4. The second-order valence-electron chi connectivity index (χ2n) is 8.51. The number of nitrogens with two attached hydrogens (primary N) is 2. The SMILES string of the molecule is CC[C@H](C)[C@H](NC(=O)[C@H](CCCCN)NC(=O)[C@@H]1CCCN1C(=O)[C@@H](N)[C@@H](C)O)C(=O)O. The maximum Gasteiger partial charge on any atom is 0.326 e. The van der Waals surface area contributed by atoms with E-state index in [2.05, 4.69) is 10.6 Å². The van der Waals surface area contributed by atoms with Crippen molar-refractivity contribution in [2.24, 2.45) is 17.4 Å². The van der Waals surface area contributed by atoms with E-state index in [4.69, 9.17) is 11.5 Å². The summed E-state index contributed by atoms with van der Waals surface area (Å²) in [6.45, 7) is 5.72. The third-order valence-electron chi connectivity index (χ3n) is 6.00. The number of aliphatic carboxylic acids is 1. The lowest BCUT2D eigenvalue weighted by Crippen LogP contribution is -2.58. The van der Waals surface area contributed by atoms with Crippen LogP contribution >= 0.6 is 0 Å². The van der Waals surface area contributed by atoms with Gasteiger partial charge in [-0.2, -0.15) is 0 Å². The van der Waals surface area contributed by atoms with Crippen molar-refractivity contribution in [3.05, 3.63) is 0 Å². The molecular formula is C21H39N5O6. The molecule has 0 bridgehead atoms. The maximum atomic E-state index is 13.0. The Morgan fingerprint density at radius 2 is 1.81 bits per heavy atom. The van der Waals surface area contributed by atoms with Crippen LogP contribution in [0.5, 0.6) is 0 Å². The summed E-state index contributed by atoms with van der Waals surface area (Å²) in [7, 11) is 0. The highest BCUT2D eigenvalue weighted by atomic mass is 16.4. The molecule has 0 aliphatic carbocycles. The molecule has 1 aliphatic heterocycles. The number of likely N-dealkylation sites (tertiary alicyclic amines) is 1. The van der Waals surface area contributed by atoms with Gasteiger partial charge in [-0.25, -0.2) is 4.79 Å². The first-order valence-corrected chi connectivity index (χ1v) is 11.3. The van der Waals surface area contributed by atoms with E-state index in [0.29, 0.717) is 45.2 Å². The van der Waals surface area contributed by atoms with Crippen molar-refractivity contribution >= 4 is 23.7 Å². The topological polar surface area (TPSA) is 188 Å². The molecule has 3 amide bonds. The van der Waals surface area contributed by atoms with Gasteiger partial charge in [-0.1, -0.05) is 20.3 Å². The zero-order chi connectivity index (χ0) is 24.4. The summed E-state index contributed by atoms with van der Waals surface area (Å²) in [6, 6.07) is -3.97. The van der Waals surface area contributed by atoms with Gasteiger partial charge in [-0.15, -0.1) is 0 Å². The van der Waals surface area contributed by atoms with Gasteiger partial charge in [0.1, 0.15) is 24.2 Å². The Morgan fingerprint density at radius 3 is 2.34 bits per heavy atom. The van der Waals surface area contributed by atoms with Gasteiger partial charge in [0.2, 0.25) is 17.7 Å².